The Morgan fingerprint density at radius 3 is 2.50 bits per heavy atom. The number of anilines is 1. The lowest BCUT2D eigenvalue weighted by Crippen LogP contribution is -2.38. The molecule has 1 saturated heterocycles. The van der Waals surface area contributed by atoms with E-state index in [1.807, 2.05) is 65.6 Å². The Balaban J connectivity index is 1.28. The number of nitrogens with zero attached hydrogens (tertiary/aromatic N) is 2. The highest BCUT2D eigenvalue weighted by molar-refractivity contribution is 6.07. The zero-order valence-electron chi connectivity index (χ0n) is 23.2. The van der Waals surface area contributed by atoms with Gasteiger partial charge in [-0.15, -0.1) is 0 Å². The lowest BCUT2D eigenvalue weighted by molar-refractivity contribution is 0.0935. The van der Waals surface area contributed by atoms with Crippen molar-refractivity contribution in [2.24, 2.45) is 5.92 Å². The fraction of sp³-hybridized carbons (Fsp3) is 0.294. The van der Waals surface area contributed by atoms with Gasteiger partial charge in [0.15, 0.2) is 0 Å². The number of carbonyl (C=O) groups excluding carboxylic acids is 2. The first kappa shape index (κ1) is 26.1. The second-order valence-electron chi connectivity index (χ2n) is 11.1. The lowest BCUT2D eigenvalue weighted by Gasteiger charge is -2.23. The minimum atomic E-state index is -0.0588. The number of hydrogen-bond donors (Lipinski definition) is 2. The fourth-order valence-electron chi connectivity index (χ4n) is 6.10. The molecule has 0 saturated carbocycles. The molecule has 2 amide bonds. The Morgan fingerprint density at radius 2 is 1.70 bits per heavy atom. The van der Waals surface area contributed by atoms with Crippen LogP contribution in [0.1, 0.15) is 56.1 Å². The van der Waals surface area contributed by atoms with E-state index in [0.717, 1.165) is 54.0 Å². The number of aryl methyl sites for hydroxylation is 2. The van der Waals surface area contributed by atoms with Crippen LogP contribution >= 0.6 is 0 Å². The van der Waals surface area contributed by atoms with Gasteiger partial charge in [-0.05, 0) is 104 Å². The topological polar surface area (TPSA) is 66.4 Å². The van der Waals surface area contributed by atoms with E-state index >= 15 is 0 Å². The Bertz CT molecular complexity index is 1560. The van der Waals surface area contributed by atoms with Gasteiger partial charge in [0.2, 0.25) is 0 Å². The number of aromatic nitrogens is 1. The number of fused-ring (bicyclic) bond motifs is 2. The molecule has 0 radical (unpaired) electrons. The van der Waals surface area contributed by atoms with Gasteiger partial charge in [-0.2, -0.15) is 0 Å². The molecule has 0 spiro atoms. The van der Waals surface area contributed by atoms with Crippen LogP contribution in [0.4, 0.5) is 5.69 Å². The fourth-order valence-corrected chi connectivity index (χ4v) is 6.10. The first-order valence-corrected chi connectivity index (χ1v) is 14.2. The summed E-state index contributed by atoms with van der Waals surface area (Å²) in [6.07, 6.45) is 2.28. The number of rotatable bonds is 5. The third kappa shape index (κ3) is 5.07. The molecular formula is C34H36N4O2. The molecule has 204 valence electrons. The second kappa shape index (κ2) is 11.1. The minimum Gasteiger partial charge on any atom is -0.350 e. The van der Waals surface area contributed by atoms with E-state index in [1.54, 1.807) is 0 Å². The van der Waals surface area contributed by atoms with E-state index in [4.69, 9.17) is 0 Å². The quantitative estimate of drug-likeness (QED) is 0.346. The van der Waals surface area contributed by atoms with Gasteiger partial charge in [-0.1, -0.05) is 48.5 Å². The van der Waals surface area contributed by atoms with Crippen LogP contribution in [0.3, 0.4) is 0 Å². The molecule has 6 nitrogen and oxygen atoms in total. The molecule has 2 N–H and O–H groups in total. The average Bonchev–Trinajstić information content (AvgIpc) is 3.29. The van der Waals surface area contributed by atoms with Crippen LogP contribution in [0.5, 0.6) is 0 Å². The van der Waals surface area contributed by atoms with Crippen molar-refractivity contribution in [3.63, 3.8) is 0 Å². The number of carbonyl (C=O) groups is 2. The van der Waals surface area contributed by atoms with Gasteiger partial charge >= 0.3 is 0 Å². The third-order valence-electron chi connectivity index (χ3n) is 8.34. The molecule has 0 bridgehead atoms. The summed E-state index contributed by atoms with van der Waals surface area (Å²) < 4.78 is 2.06. The Kier molecular flexibility index (Phi) is 7.27. The van der Waals surface area contributed by atoms with Gasteiger partial charge in [0, 0.05) is 23.5 Å². The van der Waals surface area contributed by atoms with E-state index in [0.29, 0.717) is 36.8 Å². The van der Waals surface area contributed by atoms with Crippen molar-refractivity contribution in [1.82, 2.24) is 15.2 Å². The van der Waals surface area contributed by atoms with E-state index in [-0.39, 0.29) is 11.8 Å². The van der Waals surface area contributed by atoms with E-state index in [2.05, 4.69) is 47.2 Å². The predicted octanol–water partition coefficient (Wildman–Crippen LogP) is 5.71. The molecular weight excluding hydrogens is 496 g/mol. The van der Waals surface area contributed by atoms with Crippen molar-refractivity contribution < 1.29 is 9.59 Å². The lowest BCUT2D eigenvalue weighted by atomic mass is 9.95. The van der Waals surface area contributed by atoms with Gasteiger partial charge in [0.25, 0.3) is 11.8 Å². The Morgan fingerprint density at radius 1 is 0.900 bits per heavy atom. The van der Waals surface area contributed by atoms with Crippen LogP contribution < -0.4 is 15.5 Å². The van der Waals surface area contributed by atoms with Crippen molar-refractivity contribution >= 4 is 17.5 Å². The first-order chi connectivity index (χ1) is 19.5. The van der Waals surface area contributed by atoms with Crippen molar-refractivity contribution in [2.75, 3.05) is 24.5 Å². The van der Waals surface area contributed by atoms with Crippen LogP contribution in [0, 0.1) is 19.8 Å². The highest BCUT2D eigenvalue weighted by atomic mass is 16.2. The molecule has 2 aliphatic rings. The summed E-state index contributed by atoms with van der Waals surface area (Å²) in [5, 5.41) is 6.57. The number of piperidine rings is 1. The maximum atomic E-state index is 14.0. The minimum absolute atomic E-state index is 0.0441. The van der Waals surface area contributed by atoms with E-state index in [9.17, 15) is 9.59 Å². The largest absolute Gasteiger partial charge is 0.350 e. The van der Waals surface area contributed by atoms with Crippen molar-refractivity contribution in [3.8, 4) is 11.1 Å². The summed E-state index contributed by atoms with van der Waals surface area (Å²) in [5.74, 6) is 0.361. The SMILES string of the molecule is Cc1ccccc1-c1ccc(C(=O)N2Cc3ccc(C(=O)NCC4CCCNC4)n3Cc3ccccc32)cc1C. The van der Waals surface area contributed by atoms with E-state index in [1.165, 1.54) is 11.1 Å². The third-order valence-corrected chi connectivity index (χ3v) is 8.34. The Labute approximate surface area is 236 Å². The van der Waals surface area contributed by atoms with Gasteiger partial charge < -0.3 is 20.1 Å². The molecule has 1 aromatic heterocycles. The molecule has 6 heteroatoms. The molecule has 1 atom stereocenters. The van der Waals surface area contributed by atoms with Crippen LogP contribution in [0.25, 0.3) is 11.1 Å². The maximum absolute atomic E-state index is 14.0. The van der Waals surface area contributed by atoms with Gasteiger partial charge in [0.1, 0.15) is 5.69 Å². The number of benzene rings is 3. The zero-order chi connectivity index (χ0) is 27.6. The number of para-hydroxylation sites is 1. The molecule has 3 aromatic carbocycles. The summed E-state index contributed by atoms with van der Waals surface area (Å²) >= 11 is 0. The van der Waals surface area contributed by atoms with Crippen LogP contribution in [0.2, 0.25) is 0 Å². The second-order valence-corrected chi connectivity index (χ2v) is 11.1. The maximum Gasteiger partial charge on any atom is 0.267 e. The van der Waals surface area contributed by atoms with Gasteiger partial charge in [0.05, 0.1) is 13.1 Å². The standard InChI is InChI=1S/C34H36N4O2/c1-23-8-3-5-11-29(23)30-15-13-26(18-24(30)2)34(40)38-22-28-14-16-32(33(39)36-20-25-9-7-17-35-19-25)37(28)21-27-10-4-6-12-31(27)38/h3-6,8,10-16,18,25,35H,7,9,17,19-22H2,1-2H3,(H,36,39). The van der Waals surface area contributed by atoms with Gasteiger partial charge in [-0.25, -0.2) is 0 Å². The molecule has 4 aromatic rings. The molecule has 3 heterocycles. The van der Waals surface area contributed by atoms with Crippen LogP contribution in [0.15, 0.2) is 78.9 Å². The normalized spacial score (nSPS) is 16.6. The number of nitrogens with one attached hydrogen (secondary N) is 2. The first-order valence-electron chi connectivity index (χ1n) is 14.2. The van der Waals surface area contributed by atoms with Crippen LogP contribution in [-0.4, -0.2) is 36.0 Å². The molecule has 6 rings (SSSR count). The van der Waals surface area contributed by atoms with Crippen molar-refractivity contribution in [3.05, 3.63) is 113 Å². The van der Waals surface area contributed by atoms with Gasteiger partial charge in [-0.3, -0.25) is 9.59 Å². The number of hydrogen-bond acceptors (Lipinski definition) is 3. The molecule has 0 aliphatic carbocycles. The summed E-state index contributed by atoms with van der Waals surface area (Å²) in [6, 6.07) is 26.2. The van der Waals surface area contributed by atoms with E-state index < -0.39 is 0 Å². The Hall–Kier alpha value is -4.16. The van der Waals surface area contributed by atoms with Crippen molar-refractivity contribution in [2.45, 2.75) is 39.8 Å². The zero-order valence-corrected chi connectivity index (χ0v) is 23.2. The summed E-state index contributed by atoms with van der Waals surface area (Å²) in [6.45, 7) is 7.79. The predicted molar refractivity (Wildman–Crippen MR) is 160 cm³/mol. The summed E-state index contributed by atoms with van der Waals surface area (Å²) in [7, 11) is 0. The summed E-state index contributed by atoms with van der Waals surface area (Å²) in [4.78, 5) is 29.2. The highest BCUT2D eigenvalue weighted by Gasteiger charge is 2.28. The molecule has 2 aliphatic heterocycles. The number of amides is 2. The smallest absolute Gasteiger partial charge is 0.267 e. The average molecular weight is 533 g/mol. The van der Waals surface area contributed by atoms with Crippen LogP contribution in [-0.2, 0) is 13.1 Å². The molecule has 1 unspecified atom stereocenters. The summed E-state index contributed by atoms with van der Waals surface area (Å²) in [5.41, 5.74) is 8.75. The highest BCUT2D eigenvalue weighted by Crippen LogP contribution is 2.32. The molecule has 40 heavy (non-hydrogen) atoms. The molecule has 1 fully saturated rings. The van der Waals surface area contributed by atoms with Crippen molar-refractivity contribution in [1.29, 1.82) is 0 Å². The monoisotopic (exact) mass is 532 g/mol.